The lowest BCUT2D eigenvalue weighted by Crippen LogP contribution is -1.74. The van der Waals surface area contributed by atoms with E-state index < -0.39 is 0 Å². The Hall–Kier alpha value is -0.860. The van der Waals surface area contributed by atoms with Crippen LogP contribution in [0.2, 0.25) is 0 Å². The van der Waals surface area contributed by atoms with E-state index in [1.165, 1.54) is 5.39 Å². The van der Waals surface area contributed by atoms with Crippen LogP contribution in [0.1, 0.15) is 0 Å². The summed E-state index contributed by atoms with van der Waals surface area (Å²) in [7, 11) is 0. The van der Waals surface area contributed by atoms with Crippen LogP contribution < -0.4 is 0 Å². The molecule has 12 heavy (non-hydrogen) atoms. The van der Waals surface area contributed by atoms with E-state index in [1.54, 1.807) is 12.4 Å². The highest BCUT2D eigenvalue weighted by atomic mass is 35.5. The number of pyridine rings is 2. The van der Waals surface area contributed by atoms with Gasteiger partial charge in [-0.1, -0.05) is 0 Å². The summed E-state index contributed by atoms with van der Waals surface area (Å²) >= 11 is 0. The molecule has 0 fully saturated rings. The molecule has 0 saturated carbocycles. The van der Waals surface area contributed by atoms with Gasteiger partial charge >= 0.3 is 0 Å². The molecular weight excluding hydrogens is 195 g/mol. The third-order valence-corrected chi connectivity index (χ3v) is 1.44. The van der Waals surface area contributed by atoms with E-state index in [4.69, 9.17) is 0 Å². The molecule has 0 saturated heterocycles. The van der Waals surface area contributed by atoms with Crippen molar-refractivity contribution in [1.29, 1.82) is 0 Å². The summed E-state index contributed by atoms with van der Waals surface area (Å²) in [6, 6.07) is 3.94. The molecule has 2 aromatic heterocycles. The third-order valence-electron chi connectivity index (χ3n) is 1.44. The molecular formula is C8H8Cl2N2. The zero-order valence-corrected chi connectivity index (χ0v) is 7.81. The molecule has 64 valence electrons. The van der Waals surface area contributed by atoms with Crippen LogP contribution in [0.15, 0.2) is 36.9 Å². The van der Waals surface area contributed by atoms with Gasteiger partial charge in [0.2, 0.25) is 0 Å². The minimum Gasteiger partial charge on any atom is -0.264 e. The molecule has 0 aromatic carbocycles. The average molecular weight is 203 g/mol. The Balaban J connectivity index is 0.000000605. The van der Waals surface area contributed by atoms with Gasteiger partial charge in [0.1, 0.15) is 0 Å². The number of nitrogens with zero attached hydrogens (tertiary/aromatic N) is 2. The van der Waals surface area contributed by atoms with E-state index in [0.717, 1.165) is 5.39 Å². The van der Waals surface area contributed by atoms with Crippen molar-refractivity contribution in [3.63, 3.8) is 0 Å². The SMILES string of the molecule is Cl.Cl.c1cc2ccncc2cn1. The Bertz CT molecular complexity index is 286. The van der Waals surface area contributed by atoms with Gasteiger partial charge in [-0.05, 0) is 17.5 Å². The fourth-order valence-corrected chi connectivity index (χ4v) is 0.924. The van der Waals surface area contributed by atoms with E-state index >= 15 is 0 Å². The zero-order valence-electron chi connectivity index (χ0n) is 6.18. The normalized spacial score (nSPS) is 8.33. The van der Waals surface area contributed by atoms with Crippen molar-refractivity contribution >= 4 is 35.6 Å². The van der Waals surface area contributed by atoms with E-state index in [0.29, 0.717) is 0 Å². The van der Waals surface area contributed by atoms with Crippen molar-refractivity contribution in [2.75, 3.05) is 0 Å². The Morgan fingerprint density at radius 2 is 1.25 bits per heavy atom. The number of halogens is 2. The van der Waals surface area contributed by atoms with Crippen LogP contribution >= 0.6 is 24.8 Å². The van der Waals surface area contributed by atoms with Crippen molar-refractivity contribution in [3.8, 4) is 0 Å². The third kappa shape index (κ3) is 2.06. The highest BCUT2D eigenvalue weighted by molar-refractivity contribution is 5.85. The van der Waals surface area contributed by atoms with Crippen LogP contribution in [0.4, 0.5) is 0 Å². The van der Waals surface area contributed by atoms with Gasteiger partial charge < -0.3 is 0 Å². The van der Waals surface area contributed by atoms with E-state index in [1.807, 2.05) is 24.5 Å². The second kappa shape index (κ2) is 4.91. The van der Waals surface area contributed by atoms with Gasteiger partial charge in [-0.3, -0.25) is 9.97 Å². The van der Waals surface area contributed by atoms with E-state index in [9.17, 15) is 0 Å². The molecule has 2 aromatic rings. The minimum absolute atomic E-state index is 0. The molecule has 0 spiro atoms. The number of rotatable bonds is 0. The van der Waals surface area contributed by atoms with Gasteiger partial charge in [-0.25, -0.2) is 0 Å². The monoisotopic (exact) mass is 202 g/mol. The summed E-state index contributed by atoms with van der Waals surface area (Å²) in [6.45, 7) is 0. The molecule has 2 nitrogen and oxygen atoms in total. The van der Waals surface area contributed by atoms with Crippen LogP contribution in [0.3, 0.4) is 0 Å². The maximum absolute atomic E-state index is 3.97. The first-order valence-electron chi connectivity index (χ1n) is 3.10. The average Bonchev–Trinajstić information content (AvgIpc) is 2.05. The van der Waals surface area contributed by atoms with Crippen LogP contribution in [0, 0.1) is 0 Å². The number of fused-ring (bicyclic) bond motifs is 1. The van der Waals surface area contributed by atoms with Crippen molar-refractivity contribution in [2.24, 2.45) is 0 Å². The Morgan fingerprint density at radius 3 is 1.67 bits per heavy atom. The predicted molar refractivity (Wildman–Crippen MR) is 54.0 cm³/mol. The van der Waals surface area contributed by atoms with Crippen molar-refractivity contribution in [3.05, 3.63) is 36.9 Å². The summed E-state index contributed by atoms with van der Waals surface area (Å²) < 4.78 is 0. The molecule has 2 heterocycles. The standard InChI is InChI=1S/C8H6N2.2ClH/c1-3-9-5-8-6-10-4-2-7(1)8;;/h1-6H;2*1H. The fourth-order valence-electron chi connectivity index (χ4n) is 0.924. The first-order valence-corrected chi connectivity index (χ1v) is 3.10. The Labute approximate surface area is 82.9 Å². The molecule has 0 radical (unpaired) electrons. The Morgan fingerprint density at radius 1 is 0.750 bits per heavy atom. The zero-order chi connectivity index (χ0) is 6.81. The second-order valence-electron chi connectivity index (χ2n) is 2.10. The summed E-state index contributed by atoms with van der Waals surface area (Å²) in [5.74, 6) is 0. The molecule has 0 aliphatic heterocycles. The summed E-state index contributed by atoms with van der Waals surface area (Å²) in [6.07, 6.45) is 7.18. The maximum Gasteiger partial charge on any atom is 0.0361 e. The molecule has 0 N–H and O–H groups in total. The summed E-state index contributed by atoms with van der Waals surface area (Å²) in [5, 5.41) is 2.27. The molecule has 0 amide bonds. The van der Waals surface area contributed by atoms with Crippen molar-refractivity contribution in [1.82, 2.24) is 9.97 Å². The lowest BCUT2D eigenvalue weighted by Gasteiger charge is -1.91. The molecule has 0 atom stereocenters. The predicted octanol–water partition coefficient (Wildman–Crippen LogP) is 2.47. The van der Waals surface area contributed by atoms with Crippen molar-refractivity contribution in [2.45, 2.75) is 0 Å². The van der Waals surface area contributed by atoms with Gasteiger partial charge in [0.05, 0.1) is 0 Å². The van der Waals surface area contributed by atoms with Crippen molar-refractivity contribution < 1.29 is 0 Å². The van der Waals surface area contributed by atoms with Crippen LogP contribution in [-0.2, 0) is 0 Å². The van der Waals surface area contributed by atoms with Crippen LogP contribution in [0.5, 0.6) is 0 Å². The van der Waals surface area contributed by atoms with Gasteiger partial charge in [-0.2, -0.15) is 0 Å². The maximum atomic E-state index is 3.97. The molecule has 4 heteroatoms. The topological polar surface area (TPSA) is 25.8 Å². The lowest BCUT2D eigenvalue weighted by molar-refractivity contribution is 1.32. The lowest BCUT2D eigenvalue weighted by atomic mass is 10.2. The largest absolute Gasteiger partial charge is 0.264 e. The quantitative estimate of drug-likeness (QED) is 0.657. The number of hydrogen-bond donors (Lipinski definition) is 0. The van der Waals surface area contributed by atoms with Crippen LogP contribution in [-0.4, -0.2) is 9.97 Å². The van der Waals surface area contributed by atoms with Gasteiger partial charge in [0.15, 0.2) is 0 Å². The van der Waals surface area contributed by atoms with E-state index in [2.05, 4.69) is 9.97 Å². The minimum atomic E-state index is 0. The smallest absolute Gasteiger partial charge is 0.0361 e. The van der Waals surface area contributed by atoms with Gasteiger partial charge in [0.25, 0.3) is 0 Å². The Kier molecular flexibility index (Phi) is 4.55. The molecule has 2 rings (SSSR count). The molecule has 0 aliphatic rings. The van der Waals surface area contributed by atoms with Gasteiger partial charge in [-0.15, -0.1) is 24.8 Å². The second-order valence-corrected chi connectivity index (χ2v) is 2.10. The first-order chi connectivity index (χ1) is 4.97. The molecule has 0 aliphatic carbocycles. The highest BCUT2D eigenvalue weighted by Gasteiger charge is 1.87. The highest BCUT2D eigenvalue weighted by Crippen LogP contribution is 2.07. The van der Waals surface area contributed by atoms with E-state index in [-0.39, 0.29) is 24.8 Å². The number of aromatic nitrogens is 2. The molecule has 0 bridgehead atoms. The summed E-state index contributed by atoms with van der Waals surface area (Å²) in [4.78, 5) is 7.95. The van der Waals surface area contributed by atoms with Gasteiger partial charge in [0, 0.05) is 30.2 Å². The first kappa shape index (κ1) is 11.1. The van der Waals surface area contributed by atoms with Crippen LogP contribution in [0.25, 0.3) is 10.8 Å². The fraction of sp³-hybridized carbons (Fsp3) is 0. The molecule has 0 unspecified atom stereocenters. The number of hydrogen-bond acceptors (Lipinski definition) is 2. The summed E-state index contributed by atoms with van der Waals surface area (Å²) in [5.41, 5.74) is 0.